The number of nitrogens with zero attached hydrogens (tertiary/aromatic N) is 1. The number of aliphatic hydroxyl groups is 1. The molecule has 210 valence electrons. The minimum Gasteiger partial charge on any atom is -0.507 e. The van der Waals surface area contributed by atoms with Crippen LogP contribution in [-0.2, 0) is 4.79 Å². The molecule has 6 rings (SSSR count). The first-order valence-electron chi connectivity index (χ1n) is 13.5. The van der Waals surface area contributed by atoms with Crippen molar-refractivity contribution in [3.8, 4) is 23.0 Å². The minimum absolute atomic E-state index is 0.0309. The van der Waals surface area contributed by atoms with Crippen molar-refractivity contribution in [1.82, 2.24) is 0 Å². The summed E-state index contributed by atoms with van der Waals surface area (Å²) >= 11 is 0. The normalized spacial score (nSPS) is 20.6. The van der Waals surface area contributed by atoms with E-state index in [-0.39, 0.29) is 29.6 Å². The van der Waals surface area contributed by atoms with E-state index >= 15 is 0 Å². The first-order valence-corrected chi connectivity index (χ1v) is 13.5. The monoisotopic (exact) mass is 552 g/mol. The van der Waals surface area contributed by atoms with Crippen LogP contribution < -0.4 is 23.8 Å². The molecule has 8 heteroatoms. The van der Waals surface area contributed by atoms with Gasteiger partial charge in [-0.05, 0) is 41.7 Å². The van der Waals surface area contributed by atoms with Crippen molar-refractivity contribution in [2.75, 3.05) is 25.9 Å². The van der Waals surface area contributed by atoms with Crippen LogP contribution in [0.3, 0.4) is 0 Å². The summed E-state index contributed by atoms with van der Waals surface area (Å²) < 4.78 is 22.5. The van der Waals surface area contributed by atoms with Crippen LogP contribution in [0, 0.1) is 10.8 Å². The lowest BCUT2D eigenvalue weighted by molar-refractivity contribution is -0.118. The molecule has 2 N–H and O–H groups in total. The molecule has 0 radical (unpaired) electrons. The van der Waals surface area contributed by atoms with E-state index in [0.29, 0.717) is 63.9 Å². The van der Waals surface area contributed by atoms with Crippen molar-refractivity contribution in [3.63, 3.8) is 0 Å². The molecule has 0 bridgehead atoms. The Kier molecular flexibility index (Phi) is 6.49. The average Bonchev–Trinajstić information content (AvgIpc) is 3.44. The Hall–Kier alpha value is -4.72. The molecule has 1 aliphatic carbocycles. The van der Waals surface area contributed by atoms with Crippen molar-refractivity contribution in [3.05, 3.63) is 94.7 Å². The number of hydrogen-bond donors (Lipinski definition) is 2. The second kappa shape index (κ2) is 10.0. The number of aliphatic hydroxyl groups excluding tert-OH is 1. The molecular weight excluding hydrogens is 520 g/mol. The molecule has 0 amide bonds. The van der Waals surface area contributed by atoms with E-state index in [0.717, 1.165) is 5.56 Å². The highest BCUT2D eigenvalue weighted by atomic mass is 16.7. The number of Topliss-reactive ketones (excluding diaryl/α,β-unsaturated/α-hetero) is 1. The van der Waals surface area contributed by atoms with Crippen LogP contribution in [0.15, 0.2) is 83.6 Å². The first-order chi connectivity index (χ1) is 19.7. The van der Waals surface area contributed by atoms with Gasteiger partial charge in [-0.2, -0.15) is 0 Å². The van der Waals surface area contributed by atoms with E-state index < -0.39 is 5.92 Å². The Labute approximate surface area is 238 Å². The van der Waals surface area contributed by atoms with Crippen LogP contribution in [-0.4, -0.2) is 37.7 Å². The predicted octanol–water partition coefficient (Wildman–Crippen LogP) is 6.63. The van der Waals surface area contributed by atoms with Crippen LogP contribution >= 0.6 is 0 Å². The van der Waals surface area contributed by atoms with Crippen LogP contribution in [0.2, 0.25) is 0 Å². The van der Waals surface area contributed by atoms with Gasteiger partial charge in [0.05, 0.1) is 19.9 Å². The smallest absolute Gasteiger partial charge is 0.231 e. The number of amidine groups is 1. The lowest BCUT2D eigenvalue weighted by Gasteiger charge is -2.45. The van der Waals surface area contributed by atoms with Gasteiger partial charge in [-0.3, -0.25) is 15.1 Å². The van der Waals surface area contributed by atoms with Gasteiger partial charge in [0.15, 0.2) is 17.3 Å². The van der Waals surface area contributed by atoms with Gasteiger partial charge >= 0.3 is 0 Å². The highest BCUT2D eigenvalue weighted by Crippen LogP contribution is 2.53. The van der Waals surface area contributed by atoms with E-state index in [1.54, 1.807) is 49.5 Å². The summed E-state index contributed by atoms with van der Waals surface area (Å²) in [6, 6.07) is 20.0. The Morgan fingerprint density at radius 2 is 1.73 bits per heavy atom. The van der Waals surface area contributed by atoms with Crippen molar-refractivity contribution < 1.29 is 28.8 Å². The van der Waals surface area contributed by atoms with Crippen LogP contribution in [0.4, 0.5) is 5.69 Å². The summed E-state index contributed by atoms with van der Waals surface area (Å²) in [6.45, 7) is 4.23. The van der Waals surface area contributed by atoms with Crippen molar-refractivity contribution in [1.29, 1.82) is 5.41 Å². The van der Waals surface area contributed by atoms with Crippen molar-refractivity contribution in [2.45, 2.75) is 32.6 Å². The molecule has 3 aliphatic rings. The first kappa shape index (κ1) is 26.5. The van der Waals surface area contributed by atoms with Crippen molar-refractivity contribution >= 4 is 23.1 Å². The Bertz CT molecular complexity index is 1620. The molecule has 3 aromatic carbocycles. The van der Waals surface area contributed by atoms with Gasteiger partial charge in [0.1, 0.15) is 23.1 Å². The maximum Gasteiger partial charge on any atom is 0.231 e. The summed E-state index contributed by atoms with van der Waals surface area (Å²) in [4.78, 5) is 15.9. The second-order valence-electron chi connectivity index (χ2n) is 11.2. The molecule has 8 nitrogen and oxygen atoms in total. The van der Waals surface area contributed by atoms with Gasteiger partial charge < -0.3 is 24.1 Å². The quantitative estimate of drug-likeness (QED) is 0.343. The predicted molar refractivity (Wildman–Crippen MR) is 156 cm³/mol. The summed E-state index contributed by atoms with van der Waals surface area (Å²) in [5.74, 6) is 1.51. The number of allylic oxidation sites excluding steroid dienone is 2. The summed E-state index contributed by atoms with van der Waals surface area (Å²) in [5.41, 5.74) is 3.04. The van der Waals surface area contributed by atoms with Gasteiger partial charge in [0.2, 0.25) is 6.79 Å². The van der Waals surface area contributed by atoms with Gasteiger partial charge in [-0.25, -0.2) is 0 Å². The minimum atomic E-state index is -0.705. The summed E-state index contributed by atoms with van der Waals surface area (Å²) in [6.07, 6.45) is 0.875. The number of hydrogen-bond acceptors (Lipinski definition) is 7. The fraction of sp³-hybridized carbons (Fsp3) is 0.273. The van der Waals surface area contributed by atoms with Crippen LogP contribution in [0.5, 0.6) is 23.0 Å². The highest BCUT2D eigenvalue weighted by Gasteiger charge is 2.47. The van der Waals surface area contributed by atoms with Crippen molar-refractivity contribution in [2.24, 2.45) is 5.41 Å². The molecule has 0 spiro atoms. The Morgan fingerprint density at radius 3 is 2.46 bits per heavy atom. The molecule has 3 aromatic rings. The molecule has 1 unspecified atom stereocenters. The number of nitrogens with one attached hydrogen (secondary N) is 1. The zero-order chi connectivity index (χ0) is 28.9. The zero-order valence-electron chi connectivity index (χ0n) is 23.5. The fourth-order valence-corrected chi connectivity index (χ4v) is 6.03. The third-order valence-corrected chi connectivity index (χ3v) is 7.88. The Balaban J connectivity index is 1.69. The largest absolute Gasteiger partial charge is 0.507 e. The maximum atomic E-state index is 14.2. The standard InChI is InChI=1S/C33H32N2O6/c1-33(2)16-23-29(24(36)17-33)28(20-10-12-26-27(14-20)41-18-40-26)30(31(37)19-8-6-5-7-9-19)32(34)35(23)22-15-21(38-3)11-13-25(22)39-4/h5-15,28,34,37H,16-18H2,1-4H3. The van der Waals surface area contributed by atoms with E-state index in [9.17, 15) is 15.3 Å². The second-order valence-corrected chi connectivity index (χ2v) is 11.2. The molecule has 2 aliphatic heterocycles. The molecule has 0 saturated heterocycles. The summed E-state index contributed by atoms with van der Waals surface area (Å²) in [7, 11) is 3.14. The third-order valence-electron chi connectivity index (χ3n) is 7.88. The number of carbonyl (C=O) groups excluding carboxylic acids is 1. The Morgan fingerprint density at radius 1 is 0.976 bits per heavy atom. The van der Waals surface area contributed by atoms with E-state index in [1.807, 2.05) is 36.4 Å². The number of anilines is 1. The molecule has 0 saturated carbocycles. The van der Waals surface area contributed by atoms with Crippen LogP contribution in [0.25, 0.3) is 5.76 Å². The number of carbonyl (C=O) groups is 1. The average molecular weight is 553 g/mol. The zero-order valence-corrected chi connectivity index (χ0v) is 23.5. The van der Waals surface area contributed by atoms with Gasteiger partial charge in [-0.15, -0.1) is 0 Å². The number of rotatable bonds is 5. The number of fused-ring (bicyclic) bond motifs is 1. The highest BCUT2D eigenvalue weighted by molar-refractivity contribution is 6.20. The molecule has 0 aromatic heterocycles. The third kappa shape index (κ3) is 4.49. The van der Waals surface area contributed by atoms with Gasteiger partial charge in [-0.1, -0.05) is 50.2 Å². The number of benzene rings is 3. The molecule has 2 heterocycles. The molecular formula is C33H32N2O6. The lowest BCUT2D eigenvalue weighted by atomic mass is 9.67. The molecule has 41 heavy (non-hydrogen) atoms. The SMILES string of the molecule is COc1ccc(OC)c(N2C(=N)C(=C(O)c3ccccc3)C(c3ccc4c(c3)OCO4)C3=C2CC(C)(C)CC3=O)c1. The van der Waals surface area contributed by atoms with E-state index in [1.165, 1.54) is 0 Å². The maximum absolute atomic E-state index is 14.2. The number of ketones is 1. The fourth-order valence-electron chi connectivity index (χ4n) is 6.03. The van der Waals surface area contributed by atoms with E-state index in [4.69, 9.17) is 18.9 Å². The number of methoxy groups -OCH3 is 2. The van der Waals surface area contributed by atoms with Crippen LogP contribution in [0.1, 0.15) is 43.7 Å². The van der Waals surface area contributed by atoms with Gasteiger partial charge in [0.25, 0.3) is 0 Å². The van der Waals surface area contributed by atoms with Gasteiger partial charge in [0, 0.05) is 40.8 Å². The van der Waals surface area contributed by atoms with E-state index in [2.05, 4.69) is 13.8 Å². The lowest BCUT2D eigenvalue weighted by Crippen LogP contribution is -2.45. The topological polar surface area (TPSA) is 101 Å². The number of ether oxygens (including phenoxy) is 4. The molecule has 0 fully saturated rings. The molecule has 1 atom stereocenters. The summed E-state index contributed by atoms with van der Waals surface area (Å²) in [5, 5.41) is 21.6.